The minimum Gasteiger partial charge on any atom is -0.494 e. The standard InChI is InChI=1S/C22H31N3O3/c1-6-27-18-12-15(2)19-16(13-18)9-10-23-20(19)24-17-8-7-11-25(14-17)21(26)28-22(3,4)5/h9-10,12-13,17H,6-8,11,14H2,1-5H3,(H,23,24)/t17-/m1/s1. The smallest absolute Gasteiger partial charge is 0.410 e. The molecule has 1 aliphatic heterocycles. The van der Waals surface area contributed by atoms with Gasteiger partial charge in [0.2, 0.25) is 0 Å². The molecule has 6 nitrogen and oxygen atoms in total. The van der Waals surface area contributed by atoms with Crippen LogP contribution in [0.1, 0.15) is 46.1 Å². The molecule has 1 aromatic carbocycles. The van der Waals surface area contributed by atoms with Crippen molar-refractivity contribution in [1.82, 2.24) is 9.88 Å². The maximum Gasteiger partial charge on any atom is 0.410 e. The Morgan fingerprint density at radius 2 is 2.14 bits per heavy atom. The van der Waals surface area contributed by atoms with Gasteiger partial charge < -0.3 is 19.7 Å². The summed E-state index contributed by atoms with van der Waals surface area (Å²) in [5, 5.41) is 5.76. The summed E-state index contributed by atoms with van der Waals surface area (Å²) in [4.78, 5) is 18.8. The van der Waals surface area contributed by atoms with Gasteiger partial charge in [0.15, 0.2) is 0 Å². The number of likely N-dealkylation sites (tertiary alicyclic amines) is 1. The molecule has 152 valence electrons. The first-order chi connectivity index (χ1) is 13.3. The number of pyridine rings is 1. The van der Waals surface area contributed by atoms with Crippen LogP contribution in [0.15, 0.2) is 24.4 Å². The van der Waals surface area contributed by atoms with Crippen molar-refractivity contribution in [2.75, 3.05) is 25.0 Å². The minimum atomic E-state index is -0.482. The number of nitrogens with one attached hydrogen (secondary N) is 1. The first-order valence-electron chi connectivity index (χ1n) is 10.0. The molecule has 0 saturated carbocycles. The average Bonchev–Trinajstić information content (AvgIpc) is 2.61. The molecule has 0 spiro atoms. The minimum absolute atomic E-state index is 0.144. The number of carbonyl (C=O) groups is 1. The fraction of sp³-hybridized carbons (Fsp3) is 0.545. The number of amides is 1. The van der Waals surface area contributed by atoms with Gasteiger partial charge in [-0.3, -0.25) is 0 Å². The maximum atomic E-state index is 12.4. The molecule has 0 aliphatic carbocycles. The molecule has 1 atom stereocenters. The molecule has 1 fully saturated rings. The van der Waals surface area contributed by atoms with Gasteiger partial charge in [0, 0.05) is 30.7 Å². The van der Waals surface area contributed by atoms with E-state index in [1.54, 1.807) is 4.90 Å². The van der Waals surface area contributed by atoms with E-state index in [9.17, 15) is 4.79 Å². The van der Waals surface area contributed by atoms with Crippen LogP contribution in [0.4, 0.5) is 10.6 Å². The number of hydrogen-bond acceptors (Lipinski definition) is 5. The van der Waals surface area contributed by atoms with Crippen molar-refractivity contribution in [2.24, 2.45) is 0 Å². The number of piperidine rings is 1. The van der Waals surface area contributed by atoms with Crippen molar-refractivity contribution >= 4 is 22.7 Å². The Hall–Kier alpha value is -2.50. The van der Waals surface area contributed by atoms with Gasteiger partial charge in [0.05, 0.1) is 6.61 Å². The molecule has 6 heteroatoms. The maximum absolute atomic E-state index is 12.4. The molecule has 0 unspecified atom stereocenters. The fourth-order valence-corrected chi connectivity index (χ4v) is 3.63. The zero-order valence-electron chi connectivity index (χ0n) is 17.5. The lowest BCUT2D eigenvalue weighted by atomic mass is 10.0. The van der Waals surface area contributed by atoms with Crippen LogP contribution < -0.4 is 10.1 Å². The molecule has 2 heterocycles. The Bertz CT molecular complexity index is 845. The molecule has 2 aromatic rings. The third kappa shape index (κ3) is 4.86. The number of ether oxygens (including phenoxy) is 2. The number of hydrogen-bond donors (Lipinski definition) is 1. The molecular formula is C22H31N3O3. The van der Waals surface area contributed by atoms with Crippen molar-refractivity contribution in [2.45, 2.75) is 59.1 Å². The van der Waals surface area contributed by atoms with E-state index in [0.29, 0.717) is 13.2 Å². The Morgan fingerprint density at radius 1 is 1.36 bits per heavy atom. The van der Waals surface area contributed by atoms with Crippen LogP contribution in [0, 0.1) is 6.92 Å². The van der Waals surface area contributed by atoms with Crippen molar-refractivity contribution in [3.8, 4) is 5.75 Å². The van der Waals surface area contributed by atoms with Crippen molar-refractivity contribution in [3.05, 3.63) is 30.0 Å². The van der Waals surface area contributed by atoms with Crippen LogP contribution >= 0.6 is 0 Å². The van der Waals surface area contributed by atoms with Crippen LogP contribution in [0.5, 0.6) is 5.75 Å². The second-order valence-electron chi connectivity index (χ2n) is 8.34. The zero-order valence-corrected chi connectivity index (χ0v) is 17.5. The highest BCUT2D eigenvalue weighted by atomic mass is 16.6. The quantitative estimate of drug-likeness (QED) is 0.822. The second kappa shape index (κ2) is 8.25. The summed E-state index contributed by atoms with van der Waals surface area (Å²) >= 11 is 0. The highest BCUT2D eigenvalue weighted by molar-refractivity contribution is 5.95. The number of nitrogens with zero attached hydrogens (tertiary/aromatic N) is 2. The Kier molecular flexibility index (Phi) is 5.96. The van der Waals surface area contributed by atoms with E-state index in [1.165, 1.54) is 0 Å². The number of aromatic nitrogens is 1. The summed E-state index contributed by atoms with van der Waals surface area (Å²) in [6, 6.07) is 6.24. The summed E-state index contributed by atoms with van der Waals surface area (Å²) in [6.07, 6.45) is 3.50. The monoisotopic (exact) mass is 385 g/mol. The molecule has 0 radical (unpaired) electrons. The SMILES string of the molecule is CCOc1cc(C)c2c(N[C@@H]3CCCN(C(=O)OC(C)(C)C)C3)nccc2c1. The van der Waals surface area contributed by atoms with Gasteiger partial charge in [-0.15, -0.1) is 0 Å². The molecule has 1 saturated heterocycles. The van der Waals surface area contributed by atoms with E-state index < -0.39 is 5.60 Å². The topological polar surface area (TPSA) is 63.7 Å². The number of fused-ring (bicyclic) bond motifs is 1. The van der Waals surface area contributed by atoms with Gasteiger partial charge in [-0.25, -0.2) is 9.78 Å². The lowest BCUT2D eigenvalue weighted by Gasteiger charge is -2.34. The second-order valence-corrected chi connectivity index (χ2v) is 8.34. The average molecular weight is 386 g/mol. The highest BCUT2D eigenvalue weighted by Gasteiger charge is 2.28. The van der Waals surface area contributed by atoms with Gasteiger partial charge >= 0.3 is 6.09 Å². The number of benzene rings is 1. The van der Waals surface area contributed by atoms with Gasteiger partial charge in [0.25, 0.3) is 0 Å². The Labute approximate surface area is 167 Å². The third-order valence-corrected chi connectivity index (χ3v) is 4.76. The molecule has 3 rings (SSSR count). The molecule has 28 heavy (non-hydrogen) atoms. The molecule has 1 aliphatic rings. The largest absolute Gasteiger partial charge is 0.494 e. The van der Waals surface area contributed by atoms with Crippen molar-refractivity contribution in [3.63, 3.8) is 0 Å². The van der Waals surface area contributed by atoms with Crippen LogP contribution in [0.2, 0.25) is 0 Å². The number of aryl methyl sites for hydroxylation is 1. The Balaban J connectivity index is 1.78. The number of rotatable bonds is 4. The molecule has 1 amide bonds. The Morgan fingerprint density at radius 3 is 2.86 bits per heavy atom. The van der Waals surface area contributed by atoms with Crippen LogP contribution in [0.25, 0.3) is 10.8 Å². The van der Waals surface area contributed by atoms with Crippen LogP contribution in [0.3, 0.4) is 0 Å². The number of carbonyl (C=O) groups excluding carboxylic acids is 1. The zero-order chi connectivity index (χ0) is 20.3. The predicted octanol–water partition coefficient (Wildman–Crippen LogP) is 4.75. The first-order valence-corrected chi connectivity index (χ1v) is 10.0. The lowest BCUT2D eigenvalue weighted by molar-refractivity contribution is 0.0206. The van der Waals surface area contributed by atoms with E-state index in [1.807, 2.05) is 52.1 Å². The normalized spacial score (nSPS) is 17.5. The van der Waals surface area contributed by atoms with Gasteiger partial charge in [-0.2, -0.15) is 0 Å². The van der Waals surface area contributed by atoms with Crippen LogP contribution in [-0.2, 0) is 4.74 Å². The van der Waals surface area contributed by atoms with E-state index in [4.69, 9.17) is 9.47 Å². The summed E-state index contributed by atoms with van der Waals surface area (Å²) in [7, 11) is 0. The summed E-state index contributed by atoms with van der Waals surface area (Å²) < 4.78 is 11.2. The van der Waals surface area contributed by atoms with Gasteiger partial charge in [-0.05, 0) is 76.6 Å². The molecule has 0 bridgehead atoms. The molecule has 1 N–H and O–H groups in total. The van der Waals surface area contributed by atoms with E-state index in [2.05, 4.69) is 17.2 Å². The summed E-state index contributed by atoms with van der Waals surface area (Å²) in [6.45, 7) is 11.7. The fourth-order valence-electron chi connectivity index (χ4n) is 3.63. The van der Waals surface area contributed by atoms with E-state index >= 15 is 0 Å². The third-order valence-electron chi connectivity index (χ3n) is 4.76. The van der Waals surface area contributed by atoms with Gasteiger partial charge in [-0.1, -0.05) is 0 Å². The van der Waals surface area contributed by atoms with Crippen molar-refractivity contribution in [1.29, 1.82) is 0 Å². The highest BCUT2D eigenvalue weighted by Crippen LogP contribution is 2.30. The van der Waals surface area contributed by atoms with Crippen molar-refractivity contribution < 1.29 is 14.3 Å². The van der Waals surface area contributed by atoms with E-state index in [-0.39, 0.29) is 12.1 Å². The predicted molar refractivity (Wildman–Crippen MR) is 112 cm³/mol. The van der Waals surface area contributed by atoms with Gasteiger partial charge in [0.1, 0.15) is 17.2 Å². The molecule has 1 aromatic heterocycles. The first kappa shape index (κ1) is 20.2. The van der Waals surface area contributed by atoms with E-state index in [0.717, 1.165) is 47.3 Å². The lowest BCUT2D eigenvalue weighted by Crippen LogP contribution is -2.47. The summed E-state index contributed by atoms with van der Waals surface area (Å²) in [5.41, 5.74) is 0.640. The molecular weight excluding hydrogens is 354 g/mol. The number of anilines is 1. The van der Waals surface area contributed by atoms with Crippen LogP contribution in [-0.4, -0.2) is 47.3 Å². The summed E-state index contributed by atoms with van der Waals surface area (Å²) in [5.74, 6) is 1.73.